The fraction of sp³-hybridized carbons (Fsp3) is 0.917. The molecule has 4 nitrogen and oxygen atoms in total. The molecule has 16 heavy (non-hydrogen) atoms. The molecule has 0 aromatic carbocycles. The second-order valence-corrected chi connectivity index (χ2v) is 4.96. The van der Waals surface area contributed by atoms with Gasteiger partial charge in [-0.3, -0.25) is 4.79 Å². The summed E-state index contributed by atoms with van der Waals surface area (Å²) in [6, 6.07) is 0.384. The van der Waals surface area contributed by atoms with Gasteiger partial charge in [-0.1, -0.05) is 26.7 Å². The molecule has 1 fully saturated rings. The van der Waals surface area contributed by atoms with E-state index in [2.05, 4.69) is 10.6 Å². The van der Waals surface area contributed by atoms with Crippen LogP contribution in [0.5, 0.6) is 0 Å². The van der Waals surface area contributed by atoms with Gasteiger partial charge in [-0.15, -0.1) is 0 Å². The number of nitrogens with one attached hydrogen (secondary N) is 2. The molecule has 94 valence electrons. The first kappa shape index (κ1) is 13.5. The Balaban J connectivity index is 2.18. The molecule has 0 saturated heterocycles. The molecule has 4 heteroatoms. The number of carbonyl (C=O) groups excluding carboxylic acids is 1. The molecule has 0 spiro atoms. The Morgan fingerprint density at radius 2 is 2.00 bits per heavy atom. The fourth-order valence-corrected chi connectivity index (χ4v) is 2.08. The number of aliphatic hydroxyl groups excluding tert-OH is 1. The third-order valence-corrected chi connectivity index (χ3v) is 3.25. The molecule has 0 bridgehead atoms. The molecule has 1 amide bonds. The van der Waals surface area contributed by atoms with Gasteiger partial charge in [0.15, 0.2) is 0 Å². The van der Waals surface area contributed by atoms with Crippen molar-refractivity contribution < 1.29 is 9.90 Å². The standard InChI is InChI=1S/C12H24N2O2/c1-9(2)11(8-15)13-7-12(16)14-10-5-3-4-6-10/h9-11,13,15H,3-8H2,1-2H3,(H,14,16). The monoisotopic (exact) mass is 228 g/mol. The first-order valence-electron chi connectivity index (χ1n) is 6.27. The van der Waals surface area contributed by atoms with Crippen LogP contribution in [-0.4, -0.2) is 36.2 Å². The van der Waals surface area contributed by atoms with E-state index in [1.54, 1.807) is 0 Å². The molecule has 1 rings (SSSR count). The van der Waals surface area contributed by atoms with Crippen LogP contribution in [0, 0.1) is 5.92 Å². The van der Waals surface area contributed by atoms with E-state index < -0.39 is 0 Å². The predicted molar refractivity (Wildman–Crippen MR) is 64.1 cm³/mol. The summed E-state index contributed by atoms with van der Waals surface area (Å²) in [4.78, 5) is 11.6. The Hall–Kier alpha value is -0.610. The summed E-state index contributed by atoms with van der Waals surface area (Å²) in [7, 11) is 0. The van der Waals surface area contributed by atoms with E-state index in [1.807, 2.05) is 13.8 Å². The number of hydrogen-bond donors (Lipinski definition) is 3. The zero-order valence-electron chi connectivity index (χ0n) is 10.3. The van der Waals surface area contributed by atoms with Gasteiger partial charge in [-0.25, -0.2) is 0 Å². The van der Waals surface area contributed by atoms with Crippen molar-refractivity contribution in [2.75, 3.05) is 13.2 Å². The Kier molecular flexibility index (Phi) is 5.77. The first-order chi connectivity index (χ1) is 7.63. The van der Waals surface area contributed by atoms with Crippen molar-refractivity contribution in [3.63, 3.8) is 0 Å². The molecule has 1 aliphatic rings. The summed E-state index contributed by atoms with van der Waals surface area (Å²) in [6.45, 7) is 4.44. The van der Waals surface area contributed by atoms with Crippen LogP contribution in [0.3, 0.4) is 0 Å². The minimum Gasteiger partial charge on any atom is -0.395 e. The van der Waals surface area contributed by atoms with E-state index in [9.17, 15) is 4.79 Å². The van der Waals surface area contributed by atoms with Crippen molar-refractivity contribution in [1.29, 1.82) is 0 Å². The Bertz CT molecular complexity index is 213. The maximum Gasteiger partial charge on any atom is 0.234 e. The average Bonchev–Trinajstić information content (AvgIpc) is 2.70. The second kappa shape index (κ2) is 6.86. The third-order valence-electron chi connectivity index (χ3n) is 3.25. The molecule has 1 unspecified atom stereocenters. The predicted octanol–water partition coefficient (Wildman–Crippen LogP) is 0.652. The van der Waals surface area contributed by atoms with Crippen LogP contribution >= 0.6 is 0 Å². The van der Waals surface area contributed by atoms with Crippen LogP contribution in [0.2, 0.25) is 0 Å². The van der Waals surface area contributed by atoms with Crippen molar-refractivity contribution in [2.24, 2.45) is 5.92 Å². The van der Waals surface area contributed by atoms with Gasteiger partial charge in [-0.2, -0.15) is 0 Å². The maximum absolute atomic E-state index is 11.6. The Labute approximate surface area is 97.8 Å². The molecular formula is C12H24N2O2. The van der Waals surface area contributed by atoms with Gasteiger partial charge in [0.25, 0.3) is 0 Å². The van der Waals surface area contributed by atoms with Crippen LogP contribution in [0.25, 0.3) is 0 Å². The molecule has 1 atom stereocenters. The van der Waals surface area contributed by atoms with Crippen molar-refractivity contribution in [3.05, 3.63) is 0 Å². The highest BCUT2D eigenvalue weighted by Crippen LogP contribution is 2.17. The van der Waals surface area contributed by atoms with E-state index in [4.69, 9.17) is 5.11 Å². The third kappa shape index (κ3) is 4.49. The van der Waals surface area contributed by atoms with Crippen molar-refractivity contribution in [2.45, 2.75) is 51.6 Å². The molecule has 0 aromatic heterocycles. The largest absolute Gasteiger partial charge is 0.395 e. The topological polar surface area (TPSA) is 61.4 Å². The van der Waals surface area contributed by atoms with Crippen molar-refractivity contribution in [1.82, 2.24) is 10.6 Å². The van der Waals surface area contributed by atoms with Gasteiger partial charge in [0.05, 0.1) is 13.2 Å². The molecule has 0 heterocycles. The number of rotatable bonds is 6. The van der Waals surface area contributed by atoms with Gasteiger partial charge in [0, 0.05) is 12.1 Å². The van der Waals surface area contributed by atoms with Crippen LogP contribution in [0.1, 0.15) is 39.5 Å². The van der Waals surface area contributed by atoms with Crippen molar-refractivity contribution >= 4 is 5.91 Å². The van der Waals surface area contributed by atoms with E-state index >= 15 is 0 Å². The second-order valence-electron chi connectivity index (χ2n) is 4.96. The quantitative estimate of drug-likeness (QED) is 0.625. The molecular weight excluding hydrogens is 204 g/mol. The summed E-state index contributed by atoms with van der Waals surface area (Å²) in [5.41, 5.74) is 0. The average molecular weight is 228 g/mol. The first-order valence-corrected chi connectivity index (χ1v) is 6.27. The van der Waals surface area contributed by atoms with Crippen LogP contribution in [0.4, 0.5) is 0 Å². The van der Waals surface area contributed by atoms with E-state index in [0.717, 1.165) is 12.8 Å². The lowest BCUT2D eigenvalue weighted by Gasteiger charge is -2.20. The van der Waals surface area contributed by atoms with E-state index in [0.29, 0.717) is 18.5 Å². The molecule has 0 radical (unpaired) electrons. The normalized spacial score (nSPS) is 19.0. The van der Waals surface area contributed by atoms with E-state index in [1.165, 1.54) is 12.8 Å². The van der Waals surface area contributed by atoms with Gasteiger partial charge in [-0.05, 0) is 18.8 Å². The van der Waals surface area contributed by atoms with Gasteiger partial charge >= 0.3 is 0 Å². The van der Waals surface area contributed by atoms with Crippen molar-refractivity contribution in [3.8, 4) is 0 Å². The smallest absolute Gasteiger partial charge is 0.234 e. The zero-order chi connectivity index (χ0) is 12.0. The molecule has 0 aromatic rings. The number of amides is 1. The summed E-state index contributed by atoms with van der Waals surface area (Å²) in [6.07, 6.45) is 4.67. The summed E-state index contributed by atoms with van der Waals surface area (Å²) in [5.74, 6) is 0.385. The van der Waals surface area contributed by atoms with Gasteiger partial charge in [0.1, 0.15) is 0 Å². The molecule has 3 N–H and O–H groups in total. The molecule has 1 saturated carbocycles. The number of aliphatic hydroxyl groups is 1. The highest BCUT2D eigenvalue weighted by Gasteiger charge is 2.18. The molecule has 0 aliphatic heterocycles. The van der Waals surface area contributed by atoms with Crippen LogP contribution in [0.15, 0.2) is 0 Å². The molecule has 1 aliphatic carbocycles. The number of carbonyl (C=O) groups is 1. The van der Waals surface area contributed by atoms with Crippen LogP contribution < -0.4 is 10.6 Å². The summed E-state index contributed by atoms with van der Waals surface area (Å²) in [5, 5.41) is 15.2. The SMILES string of the molecule is CC(C)C(CO)NCC(=O)NC1CCCC1. The lowest BCUT2D eigenvalue weighted by molar-refractivity contribution is -0.121. The highest BCUT2D eigenvalue weighted by atomic mass is 16.3. The zero-order valence-corrected chi connectivity index (χ0v) is 10.3. The van der Waals surface area contributed by atoms with E-state index in [-0.39, 0.29) is 18.6 Å². The Morgan fingerprint density at radius 1 is 1.38 bits per heavy atom. The Morgan fingerprint density at radius 3 is 2.50 bits per heavy atom. The minimum atomic E-state index is 0.00864. The summed E-state index contributed by atoms with van der Waals surface area (Å²) < 4.78 is 0. The van der Waals surface area contributed by atoms with Gasteiger partial charge in [0.2, 0.25) is 5.91 Å². The maximum atomic E-state index is 11.6. The number of hydrogen-bond acceptors (Lipinski definition) is 3. The lowest BCUT2D eigenvalue weighted by atomic mass is 10.1. The van der Waals surface area contributed by atoms with Gasteiger partial charge < -0.3 is 15.7 Å². The fourth-order valence-electron chi connectivity index (χ4n) is 2.08. The van der Waals surface area contributed by atoms with Crippen LogP contribution in [-0.2, 0) is 4.79 Å². The summed E-state index contributed by atoms with van der Waals surface area (Å²) >= 11 is 0. The highest BCUT2D eigenvalue weighted by molar-refractivity contribution is 5.78. The minimum absolute atomic E-state index is 0.00864. The lowest BCUT2D eigenvalue weighted by Crippen LogP contribution is -2.45.